The Morgan fingerprint density at radius 1 is 0.964 bits per heavy atom. The first-order valence-electron chi connectivity index (χ1n) is 16.7. The van der Waals surface area contributed by atoms with E-state index in [4.69, 9.17) is 17.3 Å². The maximum atomic E-state index is 14.3. The molecule has 0 saturated carbocycles. The van der Waals surface area contributed by atoms with Crippen LogP contribution in [0.3, 0.4) is 0 Å². The lowest BCUT2D eigenvalue weighted by molar-refractivity contribution is -0.139. The summed E-state index contributed by atoms with van der Waals surface area (Å²) in [6.45, 7) is -0.678. The molecule has 5 aromatic rings. The van der Waals surface area contributed by atoms with Crippen LogP contribution in [0.4, 0.5) is 30.7 Å². The van der Waals surface area contributed by atoms with Gasteiger partial charge < -0.3 is 10.6 Å². The van der Waals surface area contributed by atoms with Gasteiger partial charge in [0.25, 0.3) is 11.8 Å². The summed E-state index contributed by atoms with van der Waals surface area (Å²) in [4.78, 5) is 43.1. The average molecular weight is 785 g/mol. The molecule has 0 saturated heterocycles. The van der Waals surface area contributed by atoms with E-state index in [9.17, 15) is 40.3 Å². The highest BCUT2D eigenvalue weighted by Crippen LogP contribution is 2.41. The number of hydrogen-bond acceptors (Lipinski definition) is 7. The zero-order valence-electron chi connectivity index (χ0n) is 28.4. The summed E-state index contributed by atoms with van der Waals surface area (Å²) in [5, 5.41) is 4.84. The molecular formula is C37H28ClF7N8O2. The number of guanidine groups is 1. The van der Waals surface area contributed by atoms with E-state index in [1.54, 1.807) is 35.1 Å². The van der Waals surface area contributed by atoms with E-state index in [0.717, 1.165) is 29.2 Å². The minimum atomic E-state index is -4.94. The first-order valence-corrected chi connectivity index (χ1v) is 17.0. The molecule has 2 aromatic heterocycles. The van der Waals surface area contributed by atoms with Crippen molar-refractivity contribution in [2.45, 2.75) is 56.8 Å². The fourth-order valence-electron chi connectivity index (χ4n) is 6.65. The smallest absolute Gasteiger partial charge is 0.369 e. The number of carbonyl (C=O) groups excluding carboxylic acids is 2. The van der Waals surface area contributed by atoms with Gasteiger partial charge in [-0.15, -0.1) is 0 Å². The van der Waals surface area contributed by atoms with Crippen LogP contribution in [0.2, 0.25) is 5.02 Å². The van der Waals surface area contributed by atoms with Crippen LogP contribution >= 0.6 is 11.6 Å². The Kier molecular flexibility index (Phi) is 9.61. The molecule has 0 unspecified atom stereocenters. The first kappa shape index (κ1) is 37.5. The van der Waals surface area contributed by atoms with Gasteiger partial charge in [0.15, 0.2) is 17.3 Å². The monoisotopic (exact) mass is 784 g/mol. The molecule has 0 aliphatic carbocycles. The molecule has 0 radical (unpaired) electrons. The molecule has 3 aromatic carbocycles. The number of nitrogens with zero attached hydrogens (tertiary/aromatic N) is 7. The molecule has 2 aliphatic heterocycles. The predicted octanol–water partition coefficient (Wildman–Crippen LogP) is 7.58. The zero-order valence-corrected chi connectivity index (χ0v) is 29.1. The lowest BCUT2D eigenvalue weighted by Crippen LogP contribution is -2.42. The molecule has 2 aliphatic rings. The van der Waals surface area contributed by atoms with Crippen LogP contribution in [0.15, 0.2) is 90.3 Å². The minimum absolute atomic E-state index is 0.0588. The van der Waals surface area contributed by atoms with Crippen LogP contribution in [0.1, 0.15) is 57.6 Å². The molecule has 18 heteroatoms. The van der Waals surface area contributed by atoms with Gasteiger partial charge >= 0.3 is 12.4 Å². The van der Waals surface area contributed by atoms with Gasteiger partial charge in [-0.25, -0.2) is 24.0 Å². The summed E-state index contributed by atoms with van der Waals surface area (Å²) in [5.41, 5.74) is 4.60. The van der Waals surface area contributed by atoms with Crippen LogP contribution in [0, 0.1) is 5.82 Å². The Morgan fingerprint density at radius 3 is 2.44 bits per heavy atom. The Labute approximate surface area is 313 Å². The number of amides is 2. The van der Waals surface area contributed by atoms with Crippen molar-refractivity contribution < 1.29 is 40.3 Å². The van der Waals surface area contributed by atoms with Crippen LogP contribution in [-0.4, -0.2) is 53.5 Å². The number of hydrogen-bond donors (Lipinski definition) is 1. The van der Waals surface area contributed by atoms with Crippen molar-refractivity contribution in [3.63, 3.8) is 0 Å². The number of rotatable bonds is 9. The standard InChI is InChI=1S/C37H28ClF7N8O2/c38-25-3-1-4-27(14-25)53-19-23(16-48-53)31-47-15-22-18-51(20-30(22)49-31)32(54)28-13-21(5-10-29(28)37(43,44)45)17-52-33(55)35(50-34(52)46,11-2-12-36(40,41)42)24-6-8-26(39)9-7-24/h1,3-10,13-16,19H,2,11-12,17-18,20H2,(H2,46,50)/t35-/m1/s1. The molecule has 10 nitrogen and oxygen atoms in total. The fourth-order valence-corrected chi connectivity index (χ4v) is 6.83. The number of alkyl halides is 6. The van der Waals surface area contributed by atoms with Gasteiger partial charge in [-0.05, 0) is 66.4 Å². The summed E-state index contributed by atoms with van der Waals surface area (Å²) in [5.74, 6) is -2.61. The van der Waals surface area contributed by atoms with E-state index in [-0.39, 0.29) is 30.0 Å². The highest BCUT2D eigenvalue weighted by molar-refractivity contribution is 6.30. The van der Waals surface area contributed by atoms with Gasteiger partial charge in [0, 0.05) is 35.9 Å². The molecule has 1 atom stereocenters. The lowest BCUT2D eigenvalue weighted by Gasteiger charge is -2.27. The maximum absolute atomic E-state index is 14.3. The van der Waals surface area contributed by atoms with Crippen LogP contribution in [-0.2, 0) is 36.1 Å². The van der Waals surface area contributed by atoms with Gasteiger partial charge in [-0.3, -0.25) is 14.5 Å². The lowest BCUT2D eigenvalue weighted by atomic mass is 9.84. The summed E-state index contributed by atoms with van der Waals surface area (Å²) in [6, 6.07) is 14.3. The third-order valence-electron chi connectivity index (χ3n) is 9.32. The second-order valence-corrected chi connectivity index (χ2v) is 13.5. The molecule has 4 heterocycles. The van der Waals surface area contributed by atoms with Crippen LogP contribution in [0.5, 0.6) is 0 Å². The quantitative estimate of drug-likeness (QED) is 0.154. The summed E-state index contributed by atoms with van der Waals surface area (Å²) < 4.78 is 97.5. The summed E-state index contributed by atoms with van der Waals surface area (Å²) in [6.07, 6.45) is -6.94. The fraction of sp³-hybridized carbons (Fsp3) is 0.243. The largest absolute Gasteiger partial charge is 0.417 e. The number of benzene rings is 3. The van der Waals surface area contributed by atoms with Gasteiger partial charge in [0.1, 0.15) is 5.82 Å². The van der Waals surface area contributed by atoms with Gasteiger partial charge in [0.05, 0.1) is 47.4 Å². The van der Waals surface area contributed by atoms with E-state index < -0.39 is 78.4 Å². The molecular weight excluding hydrogens is 757 g/mol. The number of nitrogens with two attached hydrogens (primary N) is 1. The molecule has 0 spiro atoms. The normalized spacial score (nSPS) is 17.2. The second-order valence-electron chi connectivity index (χ2n) is 13.1. The van der Waals surface area contributed by atoms with Crippen molar-refractivity contribution >= 4 is 29.4 Å². The van der Waals surface area contributed by atoms with Crippen molar-refractivity contribution in [2.24, 2.45) is 10.7 Å². The number of aliphatic imine (C=N–C) groups is 1. The summed E-state index contributed by atoms with van der Waals surface area (Å²) >= 11 is 6.10. The average Bonchev–Trinajstić information content (AvgIpc) is 3.85. The van der Waals surface area contributed by atoms with E-state index in [1.165, 1.54) is 29.4 Å². The molecule has 2 N–H and O–H groups in total. The topological polar surface area (TPSA) is 123 Å². The van der Waals surface area contributed by atoms with Crippen molar-refractivity contribution in [1.29, 1.82) is 0 Å². The SMILES string of the molecule is NC1=N[C@](CCCC(F)(F)F)(c2ccc(F)cc2)C(=O)N1Cc1ccc(C(F)(F)F)c(C(=O)N2Cc3cnc(-c4cnn(-c5cccc(Cl)c5)c4)nc3C2)c1. The molecule has 7 rings (SSSR count). The Morgan fingerprint density at radius 2 is 1.73 bits per heavy atom. The minimum Gasteiger partial charge on any atom is -0.369 e. The Balaban J connectivity index is 1.13. The second kappa shape index (κ2) is 14.1. The Bertz CT molecular complexity index is 2330. The molecule has 284 valence electrons. The molecule has 2 amide bonds. The molecule has 0 bridgehead atoms. The van der Waals surface area contributed by atoms with E-state index in [2.05, 4.69) is 20.1 Å². The Hall–Kier alpha value is -5.84. The van der Waals surface area contributed by atoms with Crippen molar-refractivity contribution in [2.75, 3.05) is 0 Å². The van der Waals surface area contributed by atoms with E-state index >= 15 is 0 Å². The predicted molar refractivity (Wildman–Crippen MR) is 185 cm³/mol. The highest BCUT2D eigenvalue weighted by Gasteiger charge is 2.49. The van der Waals surface area contributed by atoms with Crippen molar-refractivity contribution in [1.82, 2.24) is 29.5 Å². The third-order valence-corrected chi connectivity index (χ3v) is 9.55. The summed E-state index contributed by atoms with van der Waals surface area (Å²) in [7, 11) is 0. The number of aromatic nitrogens is 4. The van der Waals surface area contributed by atoms with Crippen molar-refractivity contribution in [3.8, 4) is 17.1 Å². The number of fused-ring (bicyclic) bond motifs is 1. The van der Waals surface area contributed by atoms with Gasteiger partial charge in [-0.1, -0.05) is 35.9 Å². The zero-order chi connectivity index (χ0) is 39.3. The molecule has 55 heavy (non-hydrogen) atoms. The maximum Gasteiger partial charge on any atom is 0.417 e. The molecule has 0 fully saturated rings. The van der Waals surface area contributed by atoms with Crippen LogP contribution < -0.4 is 5.73 Å². The number of carbonyl (C=O) groups is 2. The first-order chi connectivity index (χ1) is 26.0. The third kappa shape index (κ3) is 7.61. The van der Waals surface area contributed by atoms with Gasteiger partial charge in [0.2, 0.25) is 0 Å². The van der Waals surface area contributed by atoms with Crippen LogP contribution in [0.25, 0.3) is 17.1 Å². The van der Waals surface area contributed by atoms with E-state index in [1.807, 2.05) is 0 Å². The van der Waals surface area contributed by atoms with Gasteiger partial charge in [-0.2, -0.15) is 31.4 Å². The van der Waals surface area contributed by atoms with Crippen molar-refractivity contribution in [3.05, 3.63) is 130 Å². The van der Waals surface area contributed by atoms with E-state index in [0.29, 0.717) is 33.6 Å². The highest BCUT2D eigenvalue weighted by atomic mass is 35.5. The number of halogens is 8.